The molecule has 2 aliphatic rings. The zero-order valence-electron chi connectivity index (χ0n) is 26.3. The summed E-state index contributed by atoms with van der Waals surface area (Å²) in [6.45, 7) is 9.38. The first kappa shape index (κ1) is 30.2. The average molecular weight is 610 g/mol. The van der Waals surface area contributed by atoms with E-state index in [-0.39, 0.29) is 6.09 Å². The Morgan fingerprint density at radius 2 is 1.89 bits per heavy atom. The van der Waals surface area contributed by atoms with Crippen LogP contribution in [0.2, 0.25) is 0 Å². The average Bonchev–Trinajstić information content (AvgIpc) is 3.65. The van der Waals surface area contributed by atoms with Gasteiger partial charge in [0.2, 0.25) is 0 Å². The lowest BCUT2D eigenvalue weighted by molar-refractivity contribution is -0.137. The molecule has 0 saturated heterocycles. The molecule has 4 aromatic rings. The summed E-state index contributed by atoms with van der Waals surface area (Å²) in [5.41, 5.74) is 5.03. The molecule has 9 heteroatoms. The Balaban J connectivity index is 1.18. The number of carbonyl (C=O) groups is 2. The van der Waals surface area contributed by atoms with E-state index in [2.05, 4.69) is 12.1 Å². The second-order valence-corrected chi connectivity index (χ2v) is 12.2. The number of aromatic nitrogens is 2. The van der Waals surface area contributed by atoms with Crippen molar-refractivity contribution in [1.82, 2.24) is 9.55 Å². The number of carbonyl (C=O) groups excluding carboxylic acids is 2. The fraction of sp³-hybridized carbons (Fsp3) is 0.361. The molecule has 0 N–H and O–H groups in total. The molecule has 0 fully saturated rings. The first-order valence-electron chi connectivity index (χ1n) is 15.6. The van der Waals surface area contributed by atoms with Gasteiger partial charge in [-0.1, -0.05) is 6.07 Å². The SMILES string of the molecule is CCOC(=O)/C=C(/c1ccc2c(c1)CCO2)n1ccc2cc(OCCc3ccc4c(n3)N(C(=O)OC(C)(C)C)CCC4)ccc21. The number of nitrogens with zero attached hydrogens (tertiary/aromatic N) is 3. The van der Waals surface area contributed by atoms with Gasteiger partial charge in [0.05, 0.1) is 31.0 Å². The summed E-state index contributed by atoms with van der Waals surface area (Å²) in [7, 11) is 0. The third kappa shape index (κ3) is 6.82. The van der Waals surface area contributed by atoms with Crippen LogP contribution < -0.4 is 14.4 Å². The Morgan fingerprint density at radius 1 is 1.02 bits per heavy atom. The second kappa shape index (κ2) is 12.7. The van der Waals surface area contributed by atoms with Gasteiger partial charge in [-0.2, -0.15) is 0 Å². The van der Waals surface area contributed by atoms with Crippen LogP contribution in [0, 0.1) is 0 Å². The molecule has 45 heavy (non-hydrogen) atoms. The summed E-state index contributed by atoms with van der Waals surface area (Å²) >= 11 is 0. The standard InChI is InChI=1S/C36H39N3O6/c1-5-42-33(40)23-31(25-9-13-32-27(21-25)15-19-44-32)38-18-14-26-22-29(11-12-30(26)38)43-20-16-28-10-8-24-7-6-17-39(34(24)37-28)35(41)45-36(2,3)4/h8-14,18,21-23H,5-7,15-17,19-20H2,1-4H3/b31-23-. The van der Waals surface area contributed by atoms with Crippen molar-refractivity contribution in [2.75, 3.05) is 31.3 Å². The van der Waals surface area contributed by atoms with E-state index < -0.39 is 11.6 Å². The highest BCUT2D eigenvalue weighted by atomic mass is 16.6. The third-order valence-electron chi connectivity index (χ3n) is 7.79. The maximum absolute atomic E-state index is 12.9. The van der Waals surface area contributed by atoms with Crippen LogP contribution in [0.25, 0.3) is 16.6 Å². The Kier molecular flexibility index (Phi) is 8.52. The molecule has 0 atom stereocenters. The number of pyridine rings is 1. The molecule has 0 radical (unpaired) electrons. The first-order valence-corrected chi connectivity index (χ1v) is 15.6. The maximum atomic E-state index is 12.9. The predicted octanol–water partition coefficient (Wildman–Crippen LogP) is 6.73. The molecule has 234 valence electrons. The van der Waals surface area contributed by atoms with Crippen molar-refractivity contribution in [1.29, 1.82) is 0 Å². The molecular weight excluding hydrogens is 570 g/mol. The van der Waals surface area contributed by atoms with Gasteiger partial charge >= 0.3 is 12.1 Å². The summed E-state index contributed by atoms with van der Waals surface area (Å²) in [6, 6.07) is 18.0. The zero-order valence-corrected chi connectivity index (χ0v) is 26.3. The number of esters is 1. The van der Waals surface area contributed by atoms with Crippen LogP contribution in [-0.2, 0) is 33.5 Å². The predicted molar refractivity (Wildman–Crippen MR) is 173 cm³/mol. The number of fused-ring (bicyclic) bond motifs is 3. The van der Waals surface area contributed by atoms with Crippen molar-refractivity contribution in [2.24, 2.45) is 0 Å². The fourth-order valence-electron chi connectivity index (χ4n) is 5.74. The molecule has 0 bridgehead atoms. The van der Waals surface area contributed by atoms with Gasteiger partial charge in [-0.25, -0.2) is 14.6 Å². The Hall–Kier alpha value is -4.79. The van der Waals surface area contributed by atoms with Gasteiger partial charge in [0.1, 0.15) is 22.9 Å². The molecule has 2 aliphatic heterocycles. The summed E-state index contributed by atoms with van der Waals surface area (Å²) in [4.78, 5) is 31.9. The topological polar surface area (TPSA) is 92.1 Å². The van der Waals surface area contributed by atoms with Crippen LogP contribution in [0.3, 0.4) is 0 Å². The molecule has 9 nitrogen and oxygen atoms in total. The largest absolute Gasteiger partial charge is 0.493 e. The van der Waals surface area contributed by atoms with Gasteiger partial charge < -0.3 is 23.5 Å². The highest BCUT2D eigenvalue weighted by Crippen LogP contribution is 2.32. The van der Waals surface area contributed by atoms with Crippen LogP contribution >= 0.6 is 0 Å². The van der Waals surface area contributed by atoms with E-state index in [0.29, 0.717) is 38.6 Å². The Labute approximate surface area is 263 Å². The van der Waals surface area contributed by atoms with Crippen molar-refractivity contribution in [3.05, 3.63) is 89.3 Å². The van der Waals surface area contributed by atoms with E-state index in [1.54, 1.807) is 17.9 Å². The lowest BCUT2D eigenvalue weighted by atomic mass is 10.1. The highest BCUT2D eigenvalue weighted by molar-refractivity contribution is 5.95. The van der Waals surface area contributed by atoms with Crippen molar-refractivity contribution in [3.63, 3.8) is 0 Å². The van der Waals surface area contributed by atoms with Gasteiger partial charge in [-0.3, -0.25) is 4.90 Å². The van der Waals surface area contributed by atoms with Gasteiger partial charge in [-0.05, 0) is 106 Å². The molecule has 1 amide bonds. The molecule has 0 saturated carbocycles. The summed E-state index contributed by atoms with van der Waals surface area (Å²) < 4.78 is 24.7. The molecular formula is C36H39N3O6. The summed E-state index contributed by atoms with van der Waals surface area (Å²) in [5, 5.41) is 0.978. The smallest absolute Gasteiger partial charge is 0.416 e. The van der Waals surface area contributed by atoms with E-state index in [1.165, 1.54) is 0 Å². The van der Waals surface area contributed by atoms with E-state index in [4.69, 9.17) is 23.9 Å². The van der Waals surface area contributed by atoms with Crippen molar-refractivity contribution in [3.8, 4) is 11.5 Å². The fourth-order valence-corrected chi connectivity index (χ4v) is 5.74. The summed E-state index contributed by atoms with van der Waals surface area (Å²) in [5.74, 6) is 1.91. The number of hydrogen-bond acceptors (Lipinski definition) is 7. The molecule has 6 rings (SSSR count). The molecule has 0 aliphatic carbocycles. The second-order valence-electron chi connectivity index (χ2n) is 12.2. The van der Waals surface area contributed by atoms with Crippen molar-refractivity contribution in [2.45, 2.75) is 59.0 Å². The van der Waals surface area contributed by atoms with E-state index in [9.17, 15) is 9.59 Å². The lowest BCUT2D eigenvalue weighted by Gasteiger charge is -2.31. The monoisotopic (exact) mass is 609 g/mol. The number of rotatable bonds is 8. The lowest BCUT2D eigenvalue weighted by Crippen LogP contribution is -2.40. The van der Waals surface area contributed by atoms with E-state index in [0.717, 1.165) is 69.7 Å². The zero-order chi connectivity index (χ0) is 31.6. The maximum Gasteiger partial charge on any atom is 0.416 e. The first-order chi connectivity index (χ1) is 21.7. The minimum atomic E-state index is -0.571. The Morgan fingerprint density at radius 3 is 2.71 bits per heavy atom. The van der Waals surface area contributed by atoms with Gasteiger partial charge in [0.25, 0.3) is 0 Å². The van der Waals surface area contributed by atoms with Gasteiger partial charge in [0, 0.05) is 42.7 Å². The molecule has 2 aromatic carbocycles. The number of ether oxygens (including phenoxy) is 4. The molecule has 0 spiro atoms. The number of anilines is 1. The van der Waals surface area contributed by atoms with Crippen molar-refractivity contribution >= 4 is 34.5 Å². The van der Waals surface area contributed by atoms with E-state index in [1.807, 2.05) is 74.0 Å². The third-order valence-corrected chi connectivity index (χ3v) is 7.79. The number of hydrogen-bond donors (Lipinski definition) is 0. The van der Waals surface area contributed by atoms with Crippen LogP contribution in [0.5, 0.6) is 11.5 Å². The van der Waals surface area contributed by atoms with Crippen LogP contribution in [-0.4, -0.2) is 53.6 Å². The summed E-state index contributed by atoms with van der Waals surface area (Å²) in [6.07, 6.45) is 6.32. The normalized spacial score (nSPS) is 14.5. The minimum absolute atomic E-state index is 0.302. The van der Waals surface area contributed by atoms with Crippen LogP contribution in [0.15, 0.2) is 66.9 Å². The molecule has 4 heterocycles. The molecule has 2 aromatic heterocycles. The quantitative estimate of drug-likeness (QED) is 0.162. The minimum Gasteiger partial charge on any atom is -0.493 e. The van der Waals surface area contributed by atoms with Crippen LogP contribution in [0.4, 0.5) is 10.6 Å². The van der Waals surface area contributed by atoms with Gasteiger partial charge in [0.15, 0.2) is 0 Å². The van der Waals surface area contributed by atoms with Crippen molar-refractivity contribution < 1.29 is 28.5 Å². The Bertz CT molecular complexity index is 1770. The number of benzene rings is 2. The highest BCUT2D eigenvalue weighted by Gasteiger charge is 2.28. The molecule has 0 unspecified atom stereocenters. The number of aryl methyl sites for hydroxylation is 1. The van der Waals surface area contributed by atoms with Crippen LogP contribution in [0.1, 0.15) is 56.5 Å². The van der Waals surface area contributed by atoms with Gasteiger partial charge in [-0.15, -0.1) is 0 Å². The number of amides is 1. The van der Waals surface area contributed by atoms with E-state index >= 15 is 0 Å².